The monoisotopic (exact) mass is 281 g/mol. The van der Waals surface area contributed by atoms with Crippen molar-refractivity contribution in [1.82, 2.24) is 5.32 Å². The van der Waals surface area contributed by atoms with Crippen LogP contribution in [-0.2, 0) is 6.54 Å². The lowest BCUT2D eigenvalue weighted by atomic mass is 10.1. The Labute approximate surface area is 122 Å². The van der Waals surface area contributed by atoms with Crippen molar-refractivity contribution in [3.8, 4) is 11.5 Å². The standard InChI is InChI=1S/C16H27NO3/c1-6-16(4,18)11-20-15-9-14(19-5)8-7-13(15)10-17-12(2)3/h7-9,12,17-18H,6,10-11H2,1-5H3. The maximum Gasteiger partial charge on any atom is 0.127 e. The summed E-state index contributed by atoms with van der Waals surface area (Å²) in [7, 11) is 1.63. The number of nitrogens with one attached hydrogen (secondary N) is 1. The van der Waals surface area contributed by atoms with Crippen LogP contribution in [0.5, 0.6) is 11.5 Å². The zero-order valence-electron chi connectivity index (χ0n) is 13.2. The Hall–Kier alpha value is -1.26. The zero-order valence-corrected chi connectivity index (χ0v) is 13.2. The zero-order chi connectivity index (χ0) is 15.2. The molecular weight excluding hydrogens is 254 g/mol. The van der Waals surface area contributed by atoms with E-state index in [9.17, 15) is 5.11 Å². The van der Waals surface area contributed by atoms with Gasteiger partial charge < -0.3 is 19.9 Å². The molecule has 4 heteroatoms. The Morgan fingerprint density at radius 2 is 2.05 bits per heavy atom. The van der Waals surface area contributed by atoms with Gasteiger partial charge in [0.2, 0.25) is 0 Å². The Balaban J connectivity index is 2.83. The van der Waals surface area contributed by atoms with E-state index in [1.54, 1.807) is 14.0 Å². The lowest BCUT2D eigenvalue weighted by molar-refractivity contribution is 0.00808. The minimum atomic E-state index is -0.814. The first-order valence-electron chi connectivity index (χ1n) is 7.13. The van der Waals surface area contributed by atoms with E-state index < -0.39 is 5.60 Å². The van der Waals surface area contributed by atoms with Crippen LogP contribution in [0.3, 0.4) is 0 Å². The fraction of sp³-hybridized carbons (Fsp3) is 0.625. The van der Waals surface area contributed by atoms with Gasteiger partial charge in [0.15, 0.2) is 0 Å². The molecule has 0 spiro atoms. The van der Waals surface area contributed by atoms with Crippen molar-refractivity contribution >= 4 is 0 Å². The summed E-state index contributed by atoms with van der Waals surface area (Å²) in [5.41, 5.74) is 0.248. The first-order chi connectivity index (χ1) is 9.38. The highest BCUT2D eigenvalue weighted by Gasteiger charge is 2.19. The summed E-state index contributed by atoms with van der Waals surface area (Å²) in [4.78, 5) is 0. The Kier molecular flexibility index (Phi) is 6.30. The summed E-state index contributed by atoms with van der Waals surface area (Å²) in [5, 5.41) is 13.4. The Morgan fingerprint density at radius 1 is 1.35 bits per heavy atom. The number of aliphatic hydroxyl groups is 1. The molecule has 20 heavy (non-hydrogen) atoms. The third-order valence-electron chi connectivity index (χ3n) is 3.28. The second-order valence-electron chi connectivity index (χ2n) is 5.65. The second-order valence-corrected chi connectivity index (χ2v) is 5.65. The lowest BCUT2D eigenvalue weighted by Crippen LogP contribution is -2.31. The van der Waals surface area contributed by atoms with Crippen LogP contribution in [0, 0.1) is 0 Å². The van der Waals surface area contributed by atoms with E-state index in [4.69, 9.17) is 9.47 Å². The first kappa shape index (κ1) is 16.8. The van der Waals surface area contributed by atoms with E-state index in [2.05, 4.69) is 19.2 Å². The van der Waals surface area contributed by atoms with Gasteiger partial charge in [-0.15, -0.1) is 0 Å². The fourth-order valence-corrected chi connectivity index (χ4v) is 1.59. The maximum atomic E-state index is 10.0. The molecular formula is C16H27NO3. The van der Waals surface area contributed by atoms with Crippen molar-refractivity contribution in [3.63, 3.8) is 0 Å². The van der Waals surface area contributed by atoms with E-state index in [1.807, 2.05) is 25.1 Å². The van der Waals surface area contributed by atoms with Gasteiger partial charge >= 0.3 is 0 Å². The van der Waals surface area contributed by atoms with Crippen LogP contribution < -0.4 is 14.8 Å². The number of methoxy groups -OCH3 is 1. The molecule has 1 unspecified atom stereocenters. The Bertz CT molecular complexity index is 416. The van der Waals surface area contributed by atoms with Gasteiger partial charge in [-0.2, -0.15) is 0 Å². The molecule has 0 saturated carbocycles. The third-order valence-corrected chi connectivity index (χ3v) is 3.28. The fourth-order valence-electron chi connectivity index (χ4n) is 1.59. The van der Waals surface area contributed by atoms with Gasteiger partial charge in [-0.25, -0.2) is 0 Å². The molecule has 4 nitrogen and oxygen atoms in total. The van der Waals surface area contributed by atoms with Crippen molar-refractivity contribution < 1.29 is 14.6 Å². The van der Waals surface area contributed by atoms with Crippen LogP contribution in [0.2, 0.25) is 0 Å². The number of ether oxygens (including phenoxy) is 2. The highest BCUT2D eigenvalue weighted by atomic mass is 16.5. The molecule has 114 valence electrons. The van der Waals surface area contributed by atoms with Gasteiger partial charge in [-0.05, 0) is 19.4 Å². The number of benzene rings is 1. The SMILES string of the molecule is CCC(C)(O)COc1cc(OC)ccc1CNC(C)C. The molecule has 0 heterocycles. The molecule has 0 aliphatic heterocycles. The third kappa shape index (κ3) is 5.39. The average Bonchev–Trinajstić information content (AvgIpc) is 2.43. The topological polar surface area (TPSA) is 50.7 Å². The van der Waals surface area contributed by atoms with Crippen LogP contribution in [0.4, 0.5) is 0 Å². The summed E-state index contributed by atoms with van der Waals surface area (Å²) in [5.74, 6) is 1.51. The second kappa shape index (κ2) is 7.50. The highest BCUT2D eigenvalue weighted by molar-refractivity contribution is 5.40. The minimum Gasteiger partial charge on any atom is -0.497 e. The molecule has 0 radical (unpaired) electrons. The normalized spacial score (nSPS) is 14.2. The van der Waals surface area contributed by atoms with Gasteiger partial charge in [-0.3, -0.25) is 0 Å². The number of rotatable bonds is 8. The van der Waals surface area contributed by atoms with E-state index in [0.29, 0.717) is 12.5 Å². The van der Waals surface area contributed by atoms with Crippen molar-refractivity contribution in [2.45, 2.75) is 52.3 Å². The number of hydrogen-bond donors (Lipinski definition) is 2. The molecule has 1 atom stereocenters. The molecule has 0 aliphatic rings. The van der Waals surface area contributed by atoms with E-state index in [0.717, 1.165) is 23.6 Å². The van der Waals surface area contributed by atoms with Crippen LogP contribution >= 0.6 is 0 Å². The molecule has 1 rings (SSSR count). The smallest absolute Gasteiger partial charge is 0.127 e. The quantitative estimate of drug-likeness (QED) is 0.769. The van der Waals surface area contributed by atoms with Crippen molar-refractivity contribution in [1.29, 1.82) is 0 Å². The van der Waals surface area contributed by atoms with E-state index in [-0.39, 0.29) is 6.61 Å². The predicted octanol–water partition coefficient (Wildman–Crippen LogP) is 2.73. The van der Waals surface area contributed by atoms with Crippen LogP contribution in [0.25, 0.3) is 0 Å². The van der Waals surface area contributed by atoms with Gasteiger partial charge in [0.1, 0.15) is 18.1 Å². The minimum absolute atomic E-state index is 0.269. The molecule has 0 aromatic heterocycles. The molecule has 1 aromatic rings. The van der Waals surface area contributed by atoms with Crippen LogP contribution in [-0.4, -0.2) is 30.5 Å². The number of hydrogen-bond acceptors (Lipinski definition) is 4. The largest absolute Gasteiger partial charge is 0.497 e. The van der Waals surface area contributed by atoms with Gasteiger partial charge in [0.25, 0.3) is 0 Å². The molecule has 0 amide bonds. The van der Waals surface area contributed by atoms with E-state index in [1.165, 1.54) is 0 Å². The van der Waals surface area contributed by atoms with Crippen LogP contribution in [0.1, 0.15) is 39.7 Å². The summed E-state index contributed by atoms with van der Waals surface area (Å²) < 4.78 is 11.0. The summed E-state index contributed by atoms with van der Waals surface area (Å²) in [6.45, 7) is 8.92. The Morgan fingerprint density at radius 3 is 2.60 bits per heavy atom. The van der Waals surface area contributed by atoms with E-state index >= 15 is 0 Å². The predicted molar refractivity (Wildman–Crippen MR) is 81.4 cm³/mol. The van der Waals surface area contributed by atoms with Gasteiger partial charge in [0, 0.05) is 24.2 Å². The summed E-state index contributed by atoms with van der Waals surface area (Å²) >= 11 is 0. The molecule has 0 aliphatic carbocycles. The van der Waals surface area contributed by atoms with Gasteiger partial charge in [0.05, 0.1) is 12.7 Å². The molecule has 1 aromatic carbocycles. The van der Waals surface area contributed by atoms with Crippen molar-refractivity contribution in [3.05, 3.63) is 23.8 Å². The average molecular weight is 281 g/mol. The summed E-state index contributed by atoms with van der Waals surface area (Å²) in [6.07, 6.45) is 0.649. The van der Waals surface area contributed by atoms with Crippen molar-refractivity contribution in [2.75, 3.05) is 13.7 Å². The first-order valence-corrected chi connectivity index (χ1v) is 7.13. The molecule has 0 fully saturated rings. The molecule has 0 saturated heterocycles. The molecule has 0 bridgehead atoms. The maximum absolute atomic E-state index is 10.0. The molecule has 2 N–H and O–H groups in total. The van der Waals surface area contributed by atoms with Crippen LogP contribution in [0.15, 0.2) is 18.2 Å². The summed E-state index contributed by atoms with van der Waals surface area (Å²) in [6, 6.07) is 6.18. The van der Waals surface area contributed by atoms with Gasteiger partial charge in [-0.1, -0.05) is 26.8 Å². The highest BCUT2D eigenvalue weighted by Crippen LogP contribution is 2.26. The van der Waals surface area contributed by atoms with Crippen molar-refractivity contribution in [2.24, 2.45) is 0 Å². The lowest BCUT2D eigenvalue weighted by Gasteiger charge is -2.23.